The number of anilines is 1. The van der Waals surface area contributed by atoms with E-state index in [0.29, 0.717) is 16.1 Å². The number of rotatable bonds is 4. The average Bonchev–Trinajstić information content (AvgIpc) is 3.37. The number of nitrogens with one attached hydrogen (secondary N) is 2. The Morgan fingerprint density at radius 2 is 1.76 bits per heavy atom. The molecule has 0 saturated carbocycles. The lowest BCUT2D eigenvalue weighted by molar-refractivity contribution is -0.0195. The zero-order chi connectivity index (χ0) is 22.8. The molecule has 2 aliphatic rings. The summed E-state index contributed by atoms with van der Waals surface area (Å²) in [4.78, 5) is 28.9. The second-order valence-corrected chi connectivity index (χ2v) is 9.78. The summed E-state index contributed by atoms with van der Waals surface area (Å²) in [6.07, 6.45) is 2.59. The predicted octanol–water partition coefficient (Wildman–Crippen LogP) is 4.72. The largest absolute Gasteiger partial charge is 0.487 e. The van der Waals surface area contributed by atoms with Gasteiger partial charge < -0.3 is 20.3 Å². The maximum absolute atomic E-state index is 13.4. The summed E-state index contributed by atoms with van der Waals surface area (Å²) < 4.78 is 6.51. The molecule has 0 aliphatic carbocycles. The van der Waals surface area contributed by atoms with E-state index in [0.717, 1.165) is 43.7 Å². The Hall–Kier alpha value is -3.16. The lowest BCUT2D eigenvalue weighted by Crippen LogP contribution is -2.51. The molecular weight excluding hydrogens is 434 g/mol. The van der Waals surface area contributed by atoms with E-state index in [1.54, 1.807) is 18.2 Å². The maximum Gasteiger partial charge on any atom is 0.265 e. The summed E-state index contributed by atoms with van der Waals surface area (Å²) in [6.45, 7) is 1.95. The van der Waals surface area contributed by atoms with Gasteiger partial charge in [0.05, 0.1) is 22.2 Å². The Bertz CT molecular complexity index is 1150. The number of thiophene rings is 1. The molecule has 6 nitrogen and oxygen atoms in total. The van der Waals surface area contributed by atoms with Crippen molar-refractivity contribution < 1.29 is 14.3 Å². The van der Waals surface area contributed by atoms with E-state index in [-0.39, 0.29) is 23.5 Å². The Morgan fingerprint density at radius 1 is 1.00 bits per heavy atom. The summed E-state index contributed by atoms with van der Waals surface area (Å²) >= 11 is 1.37. The number of carbonyl (C=O) groups excluding carboxylic acids is 2. The number of fused-ring (bicyclic) bond motifs is 1. The number of amides is 2. The van der Waals surface area contributed by atoms with Crippen LogP contribution in [0.1, 0.15) is 50.9 Å². The van der Waals surface area contributed by atoms with Gasteiger partial charge in [-0.2, -0.15) is 0 Å². The van der Waals surface area contributed by atoms with Crippen molar-refractivity contribution in [3.8, 4) is 5.75 Å². The van der Waals surface area contributed by atoms with Crippen molar-refractivity contribution in [2.45, 2.75) is 30.9 Å². The molecule has 3 aromatic rings. The van der Waals surface area contributed by atoms with Crippen LogP contribution in [0.2, 0.25) is 0 Å². The number of nitrogens with zero attached hydrogens (tertiary/aromatic N) is 1. The van der Waals surface area contributed by atoms with Gasteiger partial charge in [-0.3, -0.25) is 9.59 Å². The number of benzene rings is 2. The molecule has 0 radical (unpaired) electrons. The minimum atomic E-state index is -0.272. The zero-order valence-corrected chi connectivity index (χ0v) is 19.4. The van der Waals surface area contributed by atoms with Crippen molar-refractivity contribution in [2.75, 3.05) is 25.5 Å². The van der Waals surface area contributed by atoms with Crippen LogP contribution in [0.15, 0.2) is 66.0 Å². The average molecular weight is 462 g/mol. The Balaban J connectivity index is 1.39. The first-order valence-corrected chi connectivity index (χ1v) is 12.1. The van der Waals surface area contributed by atoms with Crippen molar-refractivity contribution in [2.24, 2.45) is 0 Å². The normalized spacial score (nSPS) is 19.4. The number of piperidine rings is 1. The molecule has 2 aliphatic heterocycles. The fraction of sp³-hybridized carbons (Fsp3) is 0.308. The molecule has 2 aromatic carbocycles. The van der Waals surface area contributed by atoms with E-state index in [4.69, 9.17) is 4.74 Å². The first-order chi connectivity index (χ1) is 16.0. The lowest BCUT2D eigenvalue weighted by atomic mass is 9.80. The van der Waals surface area contributed by atoms with Crippen molar-refractivity contribution in [1.29, 1.82) is 0 Å². The van der Waals surface area contributed by atoms with Crippen LogP contribution in [0, 0.1) is 0 Å². The van der Waals surface area contributed by atoms with Crippen LogP contribution in [-0.4, -0.2) is 42.5 Å². The Labute approximate surface area is 197 Å². The molecule has 0 bridgehead atoms. The monoisotopic (exact) mass is 461 g/mol. The van der Waals surface area contributed by atoms with E-state index < -0.39 is 0 Å². The number of hydrogen-bond donors (Lipinski definition) is 2. The topological polar surface area (TPSA) is 70.7 Å². The number of hydrogen-bond acceptors (Lipinski definition) is 5. The maximum atomic E-state index is 13.4. The summed E-state index contributed by atoms with van der Waals surface area (Å²) in [5, 5.41) is 7.99. The van der Waals surface area contributed by atoms with Gasteiger partial charge in [-0.05, 0) is 49.5 Å². The smallest absolute Gasteiger partial charge is 0.265 e. The molecule has 1 atom stereocenters. The van der Waals surface area contributed by atoms with Gasteiger partial charge in [0, 0.05) is 25.1 Å². The second kappa shape index (κ2) is 9.00. The van der Waals surface area contributed by atoms with Gasteiger partial charge in [-0.25, -0.2) is 0 Å². The Morgan fingerprint density at radius 3 is 2.55 bits per heavy atom. The van der Waals surface area contributed by atoms with E-state index in [1.807, 2.05) is 47.8 Å². The van der Waals surface area contributed by atoms with Crippen molar-refractivity contribution in [1.82, 2.24) is 10.2 Å². The third-order valence-corrected chi connectivity index (χ3v) is 7.43. The van der Waals surface area contributed by atoms with Crippen LogP contribution in [0.4, 0.5) is 5.69 Å². The number of carbonyl (C=O) groups is 2. The van der Waals surface area contributed by atoms with E-state index in [2.05, 4.69) is 22.6 Å². The number of para-hydroxylation sites is 2. The minimum absolute atomic E-state index is 0.160. The standard InChI is InChI=1S/C26H27N3O3S/c1-29-14-12-26(13-15-29)17-21(18-7-3-5-10-22(18)32-26)28-24(30)19-8-2-4-9-20(19)27-25(31)23-11-6-16-33-23/h2-11,16,21H,12-15,17H2,1H3,(H,27,31)(H,28,30). The highest BCUT2D eigenvalue weighted by molar-refractivity contribution is 7.12. The quantitative estimate of drug-likeness (QED) is 0.590. The van der Waals surface area contributed by atoms with E-state index in [1.165, 1.54) is 11.3 Å². The molecule has 1 spiro atoms. The highest BCUT2D eigenvalue weighted by atomic mass is 32.1. The number of likely N-dealkylation sites (tertiary alicyclic amines) is 1. The molecule has 1 unspecified atom stereocenters. The molecule has 3 heterocycles. The van der Waals surface area contributed by atoms with Gasteiger partial charge in [0.15, 0.2) is 0 Å². The van der Waals surface area contributed by atoms with Crippen LogP contribution < -0.4 is 15.4 Å². The van der Waals surface area contributed by atoms with Crippen molar-refractivity contribution in [3.63, 3.8) is 0 Å². The van der Waals surface area contributed by atoms with Crippen LogP contribution >= 0.6 is 11.3 Å². The van der Waals surface area contributed by atoms with Crippen LogP contribution in [-0.2, 0) is 0 Å². The molecule has 33 heavy (non-hydrogen) atoms. The molecule has 2 N–H and O–H groups in total. The molecule has 7 heteroatoms. The summed E-state index contributed by atoms with van der Waals surface area (Å²) in [6, 6.07) is 18.5. The SMILES string of the molecule is CN1CCC2(CC1)CC(NC(=O)c1ccccc1NC(=O)c1cccs1)c1ccccc1O2. The van der Waals surface area contributed by atoms with Crippen molar-refractivity contribution in [3.05, 3.63) is 82.0 Å². The first-order valence-electron chi connectivity index (χ1n) is 11.2. The summed E-state index contributed by atoms with van der Waals surface area (Å²) in [5.41, 5.74) is 1.67. The molecule has 2 amide bonds. The third kappa shape index (κ3) is 4.51. The van der Waals surface area contributed by atoms with Gasteiger partial charge >= 0.3 is 0 Å². The third-order valence-electron chi connectivity index (χ3n) is 6.57. The fourth-order valence-electron chi connectivity index (χ4n) is 4.70. The van der Waals surface area contributed by atoms with Crippen LogP contribution in [0.5, 0.6) is 5.75 Å². The first kappa shape index (κ1) is 21.7. The fourth-order valence-corrected chi connectivity index (χ4v) is 5.32. The van der Waals surface area contributed by atoms with Gasteiger partial charge in [0.1, 0.15) is 11.4 Å². The molecule has 1 saturated heterocycles. The lowest BCUT2D eigenvalue weighted by Gasteiger charge is -2.46. The molecule has 1 aromatic heterocycles. The van der Waals surface area contributed by atoms with Crippen molar-refractivity contribution >= 4 is 28.8 Å². The zero-order valence-electron chi connectivity index (χ0n) is 18.5. The molecule has 1 fully saturated rings. The number of ether oxygens (including phenoxy) is 1. The highest BCUT2D eigenvalue weighted by Gasteiger charge is 2.43. The second-order valence-electron chi connectivity index (χ2n) is 8.83. The summed E-state index contributed by atoms with van der Waals surface area (Å²) in [5.74, 6) is 0.423. The molecule has 5 rings (SSSR count). The molecular formula is C26H27N3O3S. The molecule has 170 valence electrons. The van der Waals surface area contributed by atoms with Gasteiger partial charge in [0.2, 0.25) is 0 Å². The van der Waals surface area contributed by atoms with Crippen LogP contribution in [0.25, 0.3) is 0 Å². The van der Waals surface area contributed by atoms with Crippen LogP contribution in [0.3, 0.4) is 0 Å². The van der Waals surface area contributed by atoms with E-state index >= 15 is 0 Å². The van der Waals surface area contributed by atoms with Gasteiger partial charge in [-0.1, -0.05) is 36.4 Å². The Kier molecular flexibility index (Phi) is 5.91. The van der Waals surface area contributed by atoms with Gasteiger partial charge in [0.25, 0.3) is 11.8 Å². The predicted molar refractivity (Wildman–Crippen MR) is 130 cm³/mol. The van der Waals surface area contributed by atoms with Gasteiger partial charge in [-0.15, -0.1) is 11.3 Å². The minimum Gasteiger partial charge on any atom is -0.487 e. The summed E-state index contributed by atoms with van der Waals surface area (Å²) in [7, 11) is 2.13. The van der Waals surface area contributed by atoms with E-state index in [9.17, 15) is 9.59 Å². The highest BCUT2D eigenvalue weighted by Crippen LogP contribution is 2.44.